The summed E-state index contributed by atoms with van der Waals surface area (Å²) in [6, 6.07) is 11.7. The smallest absolute Gasteiger partial charge is 0.255 e. The summed E-state index contributed by atoms with van der Waals surface area (Å²) >= 11 is 0. The Hall–Kier alpha value is -4.45. The lowest BCUT2D eigenvalue weighted by atomic mass is 10.0. The van der Waals surface area contributed by atoms with Gasteiger partial charge < -0.3 is 15.0 Å². The number of nitrogens with one attached hydrogen (secondary N) is 1. The van der Waals surface area contributed by atoms with Crippen LogP contribution in [0.1, 0.15) is 26.3 Å². The Balaban J connectivity index is 1.53. The Morgan fingerprint density at radius 2 is 1.94 bits per heavy atom. The van der Waals surface area contributed by atoms with Gasteiger partial charge in [-0.25, -0.2) is 8.91 Å². The molecule has 2 amide bonds. The van der Waals surface area contributed by atoms with Crippen molar-refractivity contribution >= 4 is 28.1 Å². The van der Waals surface area contributed by atoms with E-state index in [0.29, 0.717) is 46.4 Å². The highest BCUT2D eigenvalue weighted by Gasteiger charge is 2.33. The standard InChI is InChI=1S/C25H20FN5O3/c1-14-19(25(33)30-11-15(10-27)12-30)13-31-23(14)21(8-9-29-31)34-20-7-6-16-17(22(20)26)4-3-5-18(16)24(32)28-2/h3-9,13,15H,11-12H2,1-2H3,(H,28,32). The number of aromatic nitrogens is 2. The second-order valence-electron chi connectivity index (χ2n) is 8.15. The van der Waals surface area contributed by atoms with Crippen molar-refractivity contribution in [2.45, 2.75) is 6.92 Å². The molecule has 9 heteroatoms. The lowest BCUT2D eigenvalue weighted by Gasteiger charge is -2.35. The third-order valence-electron chi connectivity index (χ3n) is 6.12. The van der Waals surface area contributed by atoms with Gasteiger partial charge in [0.05, 0.1) is 23.7 Å². The van der Waals surface area contributed by atoms with Gasteiger partial charge in [0.2, 0.25) is 0 Å². The first kappa shape index (κ1) is 21.4. The van der Waals surface area contributed by atoms with Crippen LogP contribution in [0.5, 0.6) is 11.5 Å². The average Bonchev–Trinajstić information content (AvgIpc) is 3.16. The van der Waals surface area contributed by atoms with E-state index in [2.05, 4.69) is 16.5 Å². The van der Waals surface area contributed by atoms with Crippen LogP contribution in [0.15, 0.2) is 48.8 Å². The summed E-state index contributed by atoms with van der Waals surface area (Å²) in [6.45, 7) is 2.58. The molecule has 1 saturated heterocycles. The number of nitriles is 1. The first-order valence-electron chi connectivity index (χ1n) is 10.7. The number of hydrogen-bond acceptors (Lipinski definition) is 5. The largest absolute Gasteiger partial charge is 0.452 e. The zero-order valence-corrected chi connectivity index (χ0v) is 18.5. The minimum absolute atomic E-state index is 0.0114. The monoisotopic (exact) mass is 457 g/mol. The molecular weight excluding hydrogens is 437 g/mol. The van der Waals surface area contributed by atoms with Crippen LogP contribution in [0.4, 0.5) is 4.39 Å². The Kier molecular flexibility index (Phi) is 5.13. The van der Waals surface area contributed by atoms with Crippen LogP contribution in [-0.4, -0.2) is 46.5 Å². The molecule has 1 aliphatic heterocycles. The first-order valence-corrected chi connectivity index (χ1v) is 10.7. The van der Waals surface area contributed by atoms with Crippen LogP contribution in [-0.2, 0) is 0 Å². The minimum Gasteiger partial charge on any atom is -0.452 e. The summed E-state index contributed by atoms with van der Waals surface area (Å²) < 4.78 is 22.9. The van der Waals surface area contributed by atoms with Gasteiger partial charge >= 0.3 is 0 Å². The molecule has 1 N–H and O–H groups in total. The van der Waals surface area contributed by atoms with Crippen LogP contribution >= 0.6 is 0 Å². The molecule has 3 heterocycles. The molecule has 5 rings (SSSR count). The zero-order chi connectivity index (χ0) is 24.0. The maximum atomic E-state index is 15.4. The van der Waals surface area contributed by atoms with Gasteiger partial charge in [-0.1, -0.05) is 12.1 Å². The van der Waals surface area contributed by atoms with Crippen LogP contribution in [0.2, 0.25) is 0 Å². The summed E-state index contributed by atoms with van der Waals surface area (Å²) in [5, 5.41) is 16.5. The Morgan fingerprint density at radius 3 is 2.68 bits per heavy atom. The molecule has 8 nitrogen and oxygen atoms in total. The quantitative estimate of drug-likeness (QED) is 0.504. The van der Waals surface area contributed by atoms with E-state index in [9.17, 15) is 9.59 Å². The lowest BCUT2D eigenvalue weighted by molar-refractivity contribution is 0.0576. The van der Waals surface area contributed by atoms with E-state index in [1.54, 1.807) is 48.4 Å². The maximum absolute atomic E-state index is 15.4. The van der Waals surface area contributed by atoms with E-state index in [1.165, 1.54) is 23.8 Å². The number of rotatable bonds is 4. The van der Waals surface area contributed by atoms with E-state index in [0.717, 1.165) is 0 Å². The molecule has 0 spiro atoms. The van der Waals surface area contributed by atoms with Crippen LogP contribution in [0, 0.1) is 30.0 Å². The van der Waals surface area contributed by atoms with Gasteiger partial charge in [-0.05, 0) is 36.1 Å². The van der Waals surface area contributed by atoms with Gasteiger partial charge in [-0.2, -0.15) is 10.4 Å². The van der Waals surface area contributed by atoms with Crippen molar-refractivity contribution in [2.75, 3.05) is 20.1 Å². The third-order valence-corrected chi connectivity index (χ3v) is 6.12. The molecular formula is C25H20FN5O3. The number of carbonyl (C=O) groups excluding carboxylic acids is 2. The Morgan fingerprint density at radius 1 is 1.15 bits per heavy atom. The van der Waals surface area contributed by atoms with Crippen molar-refractivity contribution in [1.82, 2.24) is 19.8 Å². The van der Waals surface area contributed by atoms with Gasteiger partial charge in [-0.3, -0.25) is 9.59 Å². The second-order valence-corrected chi connectivity index (χ2v) is 8.15. The highest BCUT2D eigenvalue weighted by molar-refractivity contribution is 6.07. The molecule has 34 heavy (non-hydrogen) atoms. The molecule has 0 saturated carbocycles. The number of carbonyl (C=O) groups is 2. The number of benzene rings is 2. The molecule has 0 aliphatic carbocycles. The van der Waals surface area contributed by atoms with Gasteiger partial charge in [0, 0.05) is 43.4 Å². The van der Waals surface area contributed by atoms with Crippen molar-refractivity contribution in [3.8, 4) is 17.6 Å². The Bertz CT molecular complexity index is 1510. The molecule has 0 radical (unpaired) electrons. The van der Waals surface area contributed by atoms with E-state index in [1.807, 2.05) is 0 Å². The fourth-order valence-electron chi connectivity index (χ4n) is 4.25. The summed E-state index contributed by atoms with van der Waals surface area (Å²) in [5.74, 6) is -0.897. The second kappa shape index (κ2) is 8.15. The fraction of sp³-hybridized carbons (Fsp3) is 0.200. The van der Waals surface area contributed by atoms with E-state index in [4.69, 9.17) is 10.00 Å². The number of likely N-dealkylation sites (tertiary alicyclic amines) is 1. The van der Waals surface area contributed by atoms with Crippen LogP contribution in [0.25, 0.3) is 16.3 Å². The lowest BCUT2D eigenvalue weighted by Crippen LogP contribution is -2.49. The number of ether oxygens (including phenoxy) is 1. The minimum atomic E-state index is -0.596. The molecule has 2 aromatic heterocycles. The SMILES string of the molecule is CNC(=O)c1cccc2c(F)c(Oc3ccnn4cc(C(=O)N5CC(C#N)C5)c(C)c34)ccc12. The zero-order valence-electron chi connectivity index (χ0n) is 18.5. The van der Waals surface area contributed by atoms with Crippen LogP contribution < -0.4 is 10.1 Å². The number of hydrogen-bond donors (Lipinski definition) is 1. The molecule has 0 bridgehead atoms. The third kappa shape index (κ3) is 3.31. The molecule has 4 aromatic rings. The van der Waals surface area contributed by atoms with Crippen molar-refractivity contribution in [2.24, 2.45) is 5.92 Å². The van der Waals surface area contributed by atoms with Crippen molar-refractivity contribution < 1.29 is 18.7 Å². The number of fused-ring (bicyclic) bond motifs is 2. The predicted molar refractivity (Wildman–Crippen MR) is 122 cm³/mol. The molecule has 170 valence electrons. The summed E-state index contributed by atoms with van der Waals surface area (Å²) in [7, 11) is 1.52. The number of nitrogens with zero attached hydrogens (tertiary/aromatic N) is 4. The summed E-state index contributed by atoms with van der Waals surface area (Å²) in [6.07, 6.45) is 3.12. The maximum Gasteiger partial charge on any atom is 0.255 e. The van der Waals surface area contributed by atoms with Gasteiger partial charge in [-0.15, -0.1) is 0 Å². The average molecular weight is 457 g/mol. The molecule has 1 aliphatic rings. The van der Waals surface area contributed by atoms with Gasteiger partial charge in [0.1, 0.15) is 5.52 Å². The topological polar surface area (TPSA) is 99.7 Å². The van der Waals surface area contributed by atoms with Crippen molar-refractivity contribution in [1.29, 1.82) is 5.26 Å². The van der Waals surface area contributed by atoms with E-state index < -0.39 is 5.82 Å². The predicted octanol–water partition coefficient (Wildman–Crippen LogP) is 3.68. The van der Waals surface area contributed by atoms with Crippen molar-refractivity contribution in [3.05, 3.63) is 71.3 Å². The van der Waals surface area contributed by atoms with Crippen molar-refractivity contribution in [3.63, 3.8) is 0 Å². The van der Waals surface area contributed by atoms with Gasteiger partial charge in [0.25, 0.3) is 11.8 Å². The molecule has 0 atom stereocenters. The molecule has 2 aromatic carbocycles. The van der Waals surface area contributed by atoms with E-state index in [-0.39, 0.29) is 28.9 Å². The van der Waals surface area contributed by atoms with Gasteiger partial charge in [0.15, 0.2) is 17.3 Å². The number of aryl methyl sites for hydroxylation is 1. The summed E-state index contributed by atoms with van der Waals surface area (Å²) in [5.41, 5.74) is 2.01. The first-order chi connectivity index (χ1) is 16.4. The highest BCUT2D eigenvalue weighted by Crippen LogP contribution is 2.35. The number of halogens is 1. The molecule has 1 fully saturated rings. The Labute approximate surface area is 194 Å². The summed E-state index contributed by atoms with van der Waals surface area (Å²) in [4.78, 5) is 26.7. The highest BCUT2D eigenvalue weighted by atomic mass is 19.1. The number of amides is 2. The fourth-order valence-corrected chi connectivity index (χ4v) is 4.25. The normalized spacial score (nSPS) is 13.5. The van der Waals surface area contributed by atoms with Crippen LogP contribution in [0.3, 0.4) is 0 Å². The van der Waals surface area contributed by atoms with E-state index >= 15 is 4.39 Å². The molecule has 0 unspecified atom stereocenters.